The second kappa shape index (κ2) is 6.63. The molecular formula is C15H17ClN2O3. The number of amides is 1. The SMILES string of the molecule is CCCN(CC(=O)O)C(=O)Cc1c[nH]c2ccc(Cl)cc12. The Morgan fingerprint density at radius 2 is 2.14 bits per heavy atom. The first-order chi connectivity index (χ1) is 10.0. The highest BCUT2D eigenvalue weighted by molar-refractivity contribution is 6.31. The van der Waals surface area contributed by atoms with Gasteiger partial charge in [-0.1, -0.05) is 18.5 Å². The van der Waals surface area contributed by atoms with Crippen LogP contribution < -0.4 is 0 Å². The van der Waals surface area contributed by atoms with E-state index in [4.69, 9.17) is 16.7 Å². The molecule has 6 heteroatoms. The van der Waals surface area contributed by atoms with Crippen LogP contribution in [0, 0.1) is 0 Å². The van der Waals surface area contributed by atoms with Gasteiger partial charge in [-0.3, -0.25) is 9.59 Å². The van der Waals surface area contributed by atoms with Crippen molar-refractivity contribution in [1.82, 2.24) is 9.88 Å². The minimum atomic E-state index is -1.00. The fourth-order valence-corrected chi connectivity index (χ4v) is 2.47. The van der Waals surface area contributed by atoms with Gasteiger partial charge in [0.2, 0.25) is 5.91 Å². The van der Waals surface area contributed by atoms with Crippen LogP contribution in [0.1, 0.15) is 18.9 Å². The normalized spacial score (nSPS) is 10.8. The van der Waals surface area contributed by atoms with Crippen molar-refractivity contribution in [3.05, 3.63) is 35.0 Å². The molecule has 2 N–H and O–H groups in total. The number of H-pyrrole nitrogens is 1. The number of nitrogens with zero attached hydrogens (tertiary/aromatic N) is 1. The molecular weight excluding hydrogens is 292 g/mol. The Morgan fingerprint density at radius 3 is 2.81 bits per heavy atom. The number of aliphatic carboxylic acids is 1. The Bertz CT molecular complexity index is 666. The lowest BCUT2D eigenvalue weighted by Crippen LogP contribution is -2.37. The van der Waals surface area contributed by atoms with Gasteiger partial charge >= 0.3 is 5.97 Å². The molecule has 0 spiro atoms. The summed E-state index contributed by atoms with van der Waals surface area (Å²) in [5, 5.41) is 10.4. The number of hydrogen-bond donors (Lipinski definition) is 2. The molecule has 0 bridgehead atoms. The molecule has 0 saturated carbocycles. The molecule has 1 amide bonds. The molecule has 1 aromatic heterocycles. The number of halogens is 1. The van der Waals surface area contributed by atoms with E-state index in [-0.39, 0.29) is 18.9 Å². The highest BCUT2D eigenvalue weighted by Crippen LogP contribution is 2.23. The number of carbonyl (C=O) groups is 2. The van der Waals surface area contributed by atoms with Crippen LogP contribution >= 0.6 is 11.6 Å². The number of aromatic amines is 1. The minimum Gasteiger partial charge on any atom is -0.480 e. The molecule has 0 aliphatic carbocycles. The summed E-state index contributed by atoms with van der Waals surface area (Å²) in [5.41, 5.74) is 1.73. The van der Waals surface area contributed by atoms with Gasteiger partial charge in [-0.25, -0.2) is 0 Å². The molecule has 2 aromatic rings. The molecule has 2 rings (SSSR count). The molecule has 0 atom stereocenters. The zero-order valence-corrected chi connectivity index (χ0v) is 12.5. The average molecular weight is 309 g/mol. The summed E-state index contributed by atoms with van der Waals surface area (Å²) in [5.74, 6) is -1.20. The van der Waals surface area contributed by atoms with Gasteiger partial charge in [0.25, 0.3) is 0 Å². The zero-order chi connectivity index (χ0) is 15.4. The molecule has 0 fully saturated rings. The number of nitrogens with one attached hydrogen (secondary N) is 1. The van der Waals surface area contributed by atoms with Crippen molar-refractivity contribution < 1.29 is 14.7 Å². The van der Waals surface area contributed by atoms with Gasteiger partial charge in [0, 0.05) is 28.7 Å². The maximum absolute atomic E-state index is 12.3. The van der Waals surface area contributed by atoms with E-state index in [2.05, 4.69) is 4.98 Å². The van der Waals surface area contributed by atoms with E-state index in [0.29, 0.717) is 11.6 Å². The Kier molecular flexibility index (Phi) is 4.85. The molecule has 0 aliphatic rings. The molecule has 0 unspecified atom stereocenters. The monoisotopic (exact) mass is 308 g/mol. The van der Waals surface area contributed by atoms with Gasteiger partial charge in [-0.2, -0.15) is 0 Å². The lowest BCUT2D eigenvalue weighted by molar-refractivity contribution is -0.144. The summed E-state index contributed by atoms with van der Waals surface area (Å²) in [7, 11) is 0. The number of carbonyl (C=O) groups excluding carboxylic acids is 1. The summed E-state index contributed by atoms with van der Waals surface area (Å²) in [4.78, 5) is 27.6. The topological polar surface area (TPSA) is 73.4 Å². The molecule has 112 valence electrons. The van der Waals surface area contributed by atoms with E-state index >= 15 is 0 Å². The minimum absolute atomic E-state index is 0.160. The van der Waals surface area contributed by atoms with Gasteiger partial charge in [-0.15, -0.1) is 0 Å². The number of aromatic nitrogens is 1. The van der Waals surface area contributed by atoms with Crippen LogP contribution in [0.4, 0.5) is 0 Å². The van der Waals surface area contributed by atoms with Crippen LogP contribution in [0.5, 0.6) is 0 Å². The molecule has 5 nitrogen and oxygen atoms in total. The lowest BCUT2D eigenvalue weighted by atomic mass is 10.1. The predicted octanol–water partition coefficient (Wildman–Crippen LogP) is 2.69. The third-order valence-electron chi connectivity index (χ3n) is 3.24. The van der Waals surface area contributed by atoms with Crippen molar-refractivity contribution in [3.8, 4) is 0 Å². The summed E-state index contributed by atoms with van der Waals surface area (Å²) in [6.07, 6.45) is 2.65. The molecule has 0 radical (unpaired) electrons. The molecule has 0 saturated heterocycles. The van der Waals surface area contributed by atoms with Crippen LogP contribution in [0.25, 0.3) is 10.9 Å². The van der Waals surface area contributed by atoms with E-state index in [1.54, 1.807) is 18.3 Å². The maximum atomic E-state index is 12.3. The van der Waals surface area contributed by atoms with Crippen LogP contribution in [0.3, 0.4) is 0 Å². The van der Waals surface area contributed by atoms with Gasteiger partial charge in [0.05, 0.1) is 6.42 Å². The van der Waals surface area contributed by atoms with Crippen molar-refractivity contribution in [2.75, 3.05) is 13.1 Å². The Labute approximate surface area is 127 Å². The molecule has 0 aliphatic heterocycles. The second-order valence-electron chi connectivity index (χ2n) is 4.89. The lowest BCUT2D eigenvalue weighted by Gasteiger charge is -2.19. The number of fused-ring (bicyclic) bond motifs is 1. The second-order valence-corrected chi connectivity index (χ2v) is 5.33. The molecule has 21 heavy (non-hydrogen) atoms. The Morgan fingerprint density at radius 1 is 1.38 bits per heavy atom. The first-order valence-electron chi connectivity index (χ1n) is 6.76. The van der Waals surface area contributed by atoms with Crippen molar-refractivity contribution >= 4 is 34.4 Å². The standard InChI is InChI=1S/C15H17ClN2O3/c1-2-5-18(9-15(20)21)14(19)6-10-8-17-13-4-3-11(16)7-12(10)13/h3-4,7-8,17H,2,5-6,9H2,1H3,(H,20,21). The summed E-state index contributed by atoms with van der Waals surface area (Å²) in [6, 6.07) is 5.43. The summed E-state index contributed by atoms with van der Waals surface area (Å²) < 4.78 is 0. The van der Waals surface area contributed by atoms with Gasteiger partial charge in [0.15, 0.2) is 0 Å². The van der Waals surface area contributed by atoms with Crippen molar-refractivity contribution in [1.29, 1.82) is 0 Å². The largest absolute Gasteiger partial charge is 0.480 e. The molecule has 1 heterocycles. The van der Waals surface area contributed by atoms with Crippen LogP contribution in [-0.2, 0) is 16.0 Å². The maximum Gasteiger partial charge on any atom is 0.323 e. The van der Waals surface area contributed by atoms with Gasteiger partial charge < -0.3 is 15.0 Å². The van der Waals surface area contributed by atoms with E-state index in [9.17, 15) is 9.59 Å². The van der Waals surface area contributed by atoms with E-state index < -0.39 is 5.97 Å². The summed E-state index contributed by atoms with van der Waals surface area (Å²) in [6.45, 7) is 2.08. The number of carboxylic acids is 1. The highest BCUT2D eigenvalue weighted by atomic mass is 35.5. The van der Waals surface area contributed by atoms with Gasteiger partial charge in [0.1, 0.15) is 6.54 Å². The Hall–Kier alpha value is -2.01. The van der Waals surface area contributed by atoms with Gasteiger partial charge in [-0.05, 0) is 30.2 Å². The Balaban J connectivity index is 2.19. The van der Waals surface area contributed by atoms with Crippen LogP contribution in [-0.4, -0.2) is 40.0 Å². The van der Waals surface area contributed by atoms with Crippen molar-refractivity contribution in [2.45, 2.75) is 19.8 Å². The van der Waals surface area contributed by atoms with Crippen LogP contribution in [0.2, 0.25) is 5.02 Å². The third-order valence-corrected chi connectivity index (χ3v) is 3.48. The fraction of sp³-hybridized carbons (Fsp3) is 0.333. The fourth-order valence-electron chi connectivity index (χ4n) is 2.30. The summed E-state index contributed by atoms with van der Waals surface area (Å²) >= 11 is 5.98. The predicted molar refractivity (Wildman–Crippen MR) is 81.5 cm³/mol. The quantitative estimate of drug-likeness (QED) is 0.861. The van der Waals surface area contributed by atoms with Crippen molar-refractivity contribution in [2.24, 2.45) is 0 Å². The zero-order valence-electron chi connectivity index (χ0n) is 11.7. The highest BCUT2D eigenvalue weighted by Gasteiger charge is 2.17. The van der Waals surface area contributed by atoms with Crippen LogP contribution in [0.15, 0.2) is 24.4 Å². The van der Waals surface area contributed by atoms with E-state index in [1.165, 1.54) is 4.90 Å². The van der Waals surface area contributed by atoms with E-state index in [1.807, 2.05) is 13.0 Å². The average Bonchev–Trinajstić information content (AvgIpc) is 2.80. The number of rotatable bonds is 6. The van der Waals surface area contributed by atoms with E-state index in [0.717, 1.165) is 22.9 Å². The third kappa shape index (κ3) is 3.76. The number of benzene rings is 1. The first kappa shape index (κ1) is 15.4. The smallest absolute Gasteiger partial charge is 0.323 e. The number of carboxylic acid groups (broad SMARTS) is 1. The number of hydrogen-bond acceptors (Lipinski definition) is 2. The first-order valence-corrected chi connectivity index (χ1v) is 7.14. The van der Waals surface area contributed by atoms with Crippen molar-refractivity contribution in [3.63, 3.8) is 0 Å². The molecule has 1 aromatic carbocycles.